The summed E-state index contributed by atoms with van der Waals surface area (Å²) in [5.41, 5.74) is 6.41. The van der Waals surface area contributed by atoms with Crippen LogP contribution in [0.5, 0.6) is 0 Å². The number of aromatic nitrogens is 3. The zero-order valence-electron chi connectivity index (χ0n) is 10.4. The van der Waals surface area contributed by atoms with Crippen molar-refractivity contribution in [1.29, 1.82) is 5.26 Å². The predicted molar refractivity (Wildman–Crippen MR) is 78.5 cm³/mol. The Labute approximate surface area is 128 Å². The van der Waals surface area contributed by atoms with Crippen LogP contribution in [0, 0.1) is 17.1 Å². The van der Waals surface area contributed by atoms with Crippen molar-refractivity contribution in [1.82, 2.24) is 15.0 Å². The summed E-state index contributed by atoms with van der Waals surface area (Å²) in [5, 5.41) is 9.63. The van der Waals surface area contributed by atoms with Crippen molar-refractivity contribution < 1.29 is 4.39 Å². The molecule has 0 aliphatic heterocycles. The Morgan fingerprint density at radius 1 is 1.38 bits per heavy atom. The first-order valence-corrected chi connectivity index (χ1v) is 6.96. The van der Waals surface area contributed by atoms with Crippen molar-refractivity contribution >= 4 is 40.1 Å². The van der Waals surface area contributed by atoms with Gasteiger partial charge in [-0.2, -0.15) is 5.26 Å². The second-order valence-corrected chi connectivity index (χ2v) is 5.47. The van der Waals surface area contributed by atoms with E-state index < -0.39 is 0 Å². The summed E-state index contributed by atoms with van der Waals surface area (Å²) in [6.45, 7) is 0. The fraction of sp³-hybridized carbons (Fsp3) is 0. The number of nitrogens with zero attached hydrogens (tertiary/aromatic N) is 3. The van der Waals surface area contributed by atoms with Crippen LogP contribution in [-0.2, 0) is 0 Å². The molecule has 0 aliphatic carbocycles. The largest absolute Gasteiger partial charge is 0.381 e. The molecule has 0 amide bonds. The van der Waals surface area contributed by atoms with Gasteiger partial charge in [-0.05, 0) is 12.1 Å². The Bertz CT molecular complexity index is 886. The minimum atomic E-state index is -0.367. The first-order valence-electron chi connectivity index (χ1n) is 5.76. The molecule has 0 saturated carbocycles. The van der Waals surface area contributed by atoms with Gasteiger partial charge in [0.05, 0.1) is 0 Å². The Kier molecular flexibility index (Phi) is 3.41. The minimum absolute atomic E-state index is 0.0184. The molecule has 1 aromatic carbocycles. The van der Waals surface area contributed by atoms with Gasteiger partial charge in [0, 0.05) is 22.0 Å². The SMILES string of the molecule is N#Cc1nc(Sc2cccc3[nH]cc(F)c23)c(N)nc1Cl. The lowest BCUT2D eigenvalue weighted by molar-refractivity contribution is 0.638. The molecule has 3 rings (SSSR count). The van der Waals surface area contributed by atoms with Crippen molar-refractivity contribution in [3.63, 3.8) is 0 Å². The molecule has 3 N–H and O–H groups in total. The number of rotatable bonds is 2. The summed E-state index contributed by atoms with van der Waals surface area (Å²) in [6, 6.07) is 7.13. The van der Waals surface area contributed by atoms with Crippen LogP contribution in [0.4, 0.5) is 10.2 Å². The third-order valence-corrected chi connectivity index (χ3v) is 4.10. The number of nitrogen functional groups attached to an aromatic ring is 1. The van der Waals surface area contributed by atoms with Crippen molar-refractivity contribution in [3.05, 3.63) is 41.1 Å². The molecule has 0 spiro atoms. The molecule has 0 unspecified atom stereocenters. The van der Waals surface area contributed by atoms with E-state index >= 15 is 0 Å². The van der Waals surface area contributed by atoms with Crippen LogP contribution in [0.3, 0.4) is 0 Å². The van der Waals surface area contributed by atoms with Gasteiger partial charge >= 0.3 is 0 Å². The van der Waals surface area contributed by atoms with Gasteiger partial charge in [0.25, 0.3) is 0 Å². The fourth-order valence-electron chi connectivity index (χ4n) is 1.86. The van der Waals surface area contributed by atoms with Gasteiger partial charge in [-0.3, -0.25) is 0 Å². The minimum Gasteiger partial charge on any atom is -0.381 e. The van der Waals surface area contributed by atoms with Gasteiger partial charge in [-0.25, -0.2) is 14.4 Å². The van der Waals surface area contributed by atoms with Crippen molar-refractivity contribution in [3.8, 4) is 6.07 Å². The van der Waals surface area contributed by atoms with E-state index in [9.17, 15) is 4.39 Å². The van der Waals surface area contributed by atoms with Gasteiger partial charge in [0.15, 0.2) is 16.7 Å². The van der Waals surface area contributed by atoms with Gasteiger partial charge in [0.2, 0.25) is 0 Å². The summed E-state index contributed by atoms with van der Waals surface area (Å²) in [4.78, 5) is 11.4. The lowest BCUT2D eigenvalue weighted by Gasteiger charge is -2.06. The zero-order chi connectivity index (χ0) is 15.0. The third-order valence-electron chi connectivity index (χ3n) is 2.78. The first kappa shape index (κ1) is 13.7. The maximum absolute atomic E-state index is 13.8. The third kappa shape index (κ3) is 2.39. The number of hydrogen-bond acceptors (Lipinski definition) is 5. The molecule has 2 aromatic heterocycles. The number of benzene rings is 1. The summed E-state index contributed by atoms with van der Waals surface area (Å²) < 4.78 is 13.8. The second kappa shape index (κ2) is 5.24. The zero-order valence-corrected chi connectivity index (χ0v) is 12.0. The number of nitrogens with one attached hydrogen (secondary N) is 1. The summed E-state index contributed by atoms with van der Waals surface area (Å²) in [7, 11) is 0. The Morgan fingerprint density at radius 2 is 2.19 bits per heavy atom. The highest BCUT2D eigenvalue weighted by Crippen LogP contribution is 2.36. The van der Waals surface area contributed by atoms with Crippen molar-refractivity contribution in [2.24, 2.45) is 0 Å². The number of hydrogen-bond donors (Lipinski definition) is 2. The van der Waals surface area contributed by atoms with E-state index in [0.29, 0.717) is 20.8 Å². The molecular formula is C13H7ClFN5S. The molecule has 0 fully saturated rings. The molecule has 0 saturated heterocycles. The monoisotopic (exact) mass is 319 g/mol. The molecule has 104 valence electrons. The quantitative estimate of drug-likeness (QED) is 0.755. The van der Waals surface area contributed by atoms with E-state index in [4.69, 9.17) is 22.6 Å². The van der Waals surface area contributed by atoms with Crippen molar-refractivity contribution in [2.45, 2.75) is 9.92 Å². The smallest absolute Gasteiger partial charge is 0.179 e. The number of anilines is 1. The maximum atomic E-state index is 13.8. The van der Waals surface area contributed by atoms with Crippen LogP contribution in [-0.4, -0.2) is 15.0 Å². The number of halogens is 2. The number of nitriles is 1. The number of nitrogens with two attached hydrogens (primary N) is 1. The molecule has 0 bridgehead atoms. The predicted octanol–water partition coefficient (Wildman–Crippen LogP) is 3.36. The van der Waals surface area contributed by atoms with Crippen LogP contribution in [0.1, 0.15) is 5.69 Å². The molecule has 5 nitrogen and oxygen atoms in total. The lowest BCUT2D eigenvalue weighted by Crippen LogP contribution is -1.99. The average molecular weight is 320 g/mol. The molecular weight excluding hydrogens is 313 g/mol. The van der Waals surface area contributed by atoms with Crippen LogP contribution in [0.25, 0.3) is 10.9 Å². The van der Waals surface area contributed by atoms with E-state index in [-0.39, 0.29) is 22.5 Å². The molecule has 0 radical (unpaired) electrons. The standard InChI is InChI=1S/C13H7ClFN5S/c14-11-8(4-16)19-13(12(17)20-11)21-9-3-1-2-7-10(9)6(15)5-18-7/h1-3,5,18H,(H2,17,20). The van der Waals surface area contributed by atoms with Crippen LogP contribution >= 0.6 is 23.4 Å². The van der Waals surface area contributed by atoms with Crippen LogP contribution < -0.4 is 5.73 Å². The fourth-order valence-corrected chi connectivity index (χ4v) is 2.99. The van der Waals surface area contributed by atoms with E-state index in [0.717, 1.165) is 11.8 Å². The highest BCUT2D eigenvalue weighted by molar-refractivity contribution is 7.99. The number of fused-ring (bicyclic) bond motifs is 1. The highest BCUT2D eigenvalue weighted by atomic mass is 35.5. The maximum Gasteiger partial charge on any atom is 0.179 e. The molecule has 0 aliphatic rings. The molecule has 8 heteroatoms. The second-order valence-electron chi connectivity index (χ2n) is 4.08. The van der Waals surface area contributed by atoms with Crippen LogP contribution in [0.15, 0.2) is 34.3 Å². The highest BCUT2D eigenvalue weighted by Gasteiger charge is 2.15. The Balaban J connectivity index is 2.11. The van der Waals surface area contributed by atoms with E-state index in [1.807, 2.05) is 6.07 Å². The van der Waals surface area contributed by atoms with Crippen molar-refractivity contribution in [2.75, 3.05) is 5.73 Å². The van der Waals surface area contributed by atoms with Gasteiger partial charge in [0.1, 0.15) is 16.9 Å². The molecule has 0 atom stereocenters. The first-order chi connectivity index (χ1) is 10.1. The average Bonchev–Trinajstić information content (AvgIpc) is 2.84. The normalized spacial score (nSPS) is 10.7. The Hall–Kier alpha value is -2.30. The summed E-state index contributed by atoms with van der Waals surface area (Å²) in [5.74, 6) is -0.272. The number of aromatic amines is 1. The van der Waals surface area contributed by atoms with E-state index in [2.05, 4.69) is 15.0 Å². The molecule has 3 aromatic rings. The summed E-state index contributed by atoms with van der Waals surface area (Å²) in [6.07, 6.45) is 1.28. The Morgan fingerprint density at radius 3 is 2.95 bits per heavy atom. The van der Waals surface area contributed by atoms with E-state index in [1.165, 1.54) is 6.20 Å². The number of H-pyrrole nitrogens is 1. The van der Waals surface area contributed by atoms with Gasteiger partial charge in [-0.15, -0.1) is 0 Å². The molecule has 2 heterocycles. The van der Waals surface area contributed by atoms with Gasteiger partial charge < -0.3 is 10.7 Å². The van der Waals surface area contributed by atoms with Crippen LogP contribution in [0.2, 0.25) is 5.15 Å². The van der Waals surface area contributed by atoms with E-state index in [1.54, 1.807) is 18.2 Å². The topological polar surface area (TPSA) is 91.4 Å². The lowest BCUT2D eigenvalue weighted by atomic mass is 10.2. The molecule has 21 heavy (non-hydrogen) atoms. The summed E-state index contributed by atoms with van der Waals surface area (Å²) >= 11 is 6.89. The van der Waals surface area contributed by atoms with Gasteiger partial charge in [-0.1, -0.05) is 29.4 Å².